The maximum atomic E-state index is 6.68. The molecule has 0 radical (unpaired) electrons. The first-order chi connectivity index (χ1) is 25.3. The number of furan rings is 1. The SMILES string of the molecule is c1ccc(-c2ccc(N(c3ccc(-c4ccccc4)cc3)c3cc(-c4ccc5sc6ccccc6c5c4)c4oc5ccccc5c4c3)cc2)cc1. The number of thiophene rings is 1. The summed E-state index contributed by atoms with van der Waals surface area (Å²) in [4.78, 5) is 2.37. The first-order valence-corrected chi connectivity index (χ1v) is 18.1. The molecule has 0 amide bonds. The van der Waals surface area contributed by atoms with Crippen LogP contribution < -0.4 is 4.90 Å². The summed E-state index contributed by atoms with van der Waals surface area (Å²) >= 11 is 1.84. The Hall–Kier alpha value is -6.42. The lowest BCUT2D eigenvalue weighted by Gasteiger charge is -2.27. The lowest BCUT2D eigenvalue weighted by Crippen LogP contribution is -2.10. The number of fused-ring (bicyclic) bond motifs is 6. The molecule has 10 aromatic rings. The van der Waals surface area contributed by atoms with E-state index in [1.54, 1.807) is 0 Å². The Kier molecular flexibility index (Phi) is 7.04. The molecule has 10 rings (SSSR count). The van der Waals surface area contributed by atoms with E-state index in [1.807, 2.05) is 17.4 Å². The number of anilines is 3. The Labute approximate surface area is 300 Å². The maximum absolute atomic E-state index is 6.68. The average Bonchev–Trinajstić information content (AvgIpc) is 3.77. The minimum atomic E-state index is 0.888. The quantitative estimate of drug-likeness (QED) is 0.175. The van der Waals surface area contributed by atoms with Crippen LogP contribution in [0.5, 0.6) is 0 Å². The molecule has 0 aliphatic carbocycles. The Balaban J connectivity index is 1.20. The molecule has 3 heteroatoms. The van der Waals surface area contributed by atoms with Crippen molar-refractivity contribution < 1.29 is 4.42 Å². The number of nitrogens with zero attached hydrogens (tertiary/aromatic N) is 1. The van der Waals surface area contributed by atoms with Crippen LogP contribution in [-0.4, -0.2) is 0 Å². The molecule has 51 heavy (non-hydrogen) atoms. The van der Waals surface area contributed by atoms with Crippen molar-refractivity contribution in [3.63, 3.8) is 0 Å². The van der Waals surface area contributed by atoms with E-state index in [2.05, 4.69) is 187 Å². The molecule has 2 aromatic heterocycles. The normalized spacial score (nSPS) is 11.5. The van der Waals surface area contributed by atoms with Gasteiger partial charge in [-0.25, -0.2) is 0 Å². The summed E-state index contributed by atoms with van der Waals surface area (Å²) in [5.41, 5.74) is 12.0. The van der Waals surface area contributed by atoms with Crippen LogP contribution >= 0.6 is 11.3 Å². The fourth-order valence-electron chi connectivity index (χ4n) is 7.36. The molecule has 0 unspecified atom stereocenters. The zero-order valence-corrected chi connectivity index (χ0v) is 28.5. The Morgan fingerprint density at radius 2 is 0.882 bits per heavy atom. The van der Waals surface area contributed by atoms with Gasteiger partial charge in [0.1, 0.15) is 11.2 Å². The third-order valence-electron chi connectivity index (χ3n) is 9.87. The molecule has 0 fully saturated rings. The molecule has 8 aromatic carbocycles. The summed E-state index contributed by atoms with van der Waals surface area (Å²) in [5.74, 6) is 0. The molecule has 0 aliphatic heterocycles. The molecule has 0 spiro atoms. The van der Waals surface area contributed by atoms with Crippen molar-refractivity contribution in [2.75, 3.05) is 4.90 Å². The Bertz CT molecular complexity index is 2750. The largest absolute Gasteiger partial charge is 0.455 e. The van der Waals surface area contributed by atoms with Crippen molar-refractivity contribution in [1.29, 1.82) is 0 Å². The van der Waals surface area contributed by atoms with Crippen LogP contribution in [0.1, 0.15) is 0 Å². The van der Waals surface area contributed by atoms with Gasteiger partial charge in [-0.15, -0.1) is 11.3 Å². The molecule has 240 valence electrons. The van der Waals surface area contributed by atoms with Crippen molar-refractivity contribution >= 4 is 70.5 Å². The fraction of sp³-hybridized carbons (Fsp3) is 0. The Morgan fingerprint density at radius 3 is 1.55 bits per heavy atom. The topological polar surface area (TPSA) is 16.4 Å². The number of rotatable bonds is 6. The highest BCUT2D eigenvalue weighted by molar-refractivity contribution is 7.25. The summed E-state index contributed by atoms with van der Waals surface area (Å²) in [5, 5.41) is 4.76. The van der Waals surface area contributed by atoms with E-state index in [-0.39, 0.29) is 0 Å². The van der Waals surface area contributed by atoms with Gasteiger partial charge in [0.25, 0.3) is 0 Å². The van der Waals surface area contributed by atoms with Crippen LogP contribution in [0.2, 0.25) is 0 Å². The second kappa shape index (κ2) is 12.2. The van der Waals surface area contributed by atoms with E-state index in [0.717, 1.165) is 50.1 Å². The van der Waals surface area contributed by atoms with Crippen LogP contribution in [0.15, 0.2) is 192 Å². The zero-order valence-electron chi connectivity index (χ0n) is 27.7. The van der Waals surface area contributed by atoms with Gasteiger partial charge in [-0.1, -0.05) is 127 Å². The van der Waals surface area contributed by atoms with E-state index < -0.39 is 0 Å². The third kappa shape index (κ3) is 5.18. The number of benzene rings is 8. The van der Waals surface area contributed by atoms with Crippen molar-refractivity contribution in [3.8, 4) is 33.4 Å². The summed E-state index contributed by atoms with van der Waals surface area (Å²) in [6.07, 6.45) is 0. The van der Waals surface area contributed by atoms with Gasteiger partial charge in [-0.2, -0.15) is 0 Å². The van der Waals surface area contributed by atoms with Gasteiger partial charge >= 0.3 is 0 Å². The van der Waals surface area contributed by atoms with E-state index in [1.165, 1.54) is 42.4 Å². The number of para-hydroxylation sites is 1. The summed E-state index contributed by atoms with van der Waals surface area (Å²) in [6.45, 7) is 0. The molecule has 0 atom stereocenters. The van der Waals surface area contributed by atoms with Gasteiger partial charge < -0.3 is 9.32 Å². The Morgan fingerprint density at radius 1 is 0.353 bits per heavy atom. The smallest absolute Gasteiger partial charge is 0.143 e. The van der Waals surface area contributed by atoms with E-state index in [0.29, 0.717) is 0 Å². The lowest BCUT2D eigenvalue weighted by atomic mass is 9.98. The molecule has 2 heterocycles. The van der Waals surface area contributed by atoms with Crippen molar-refractivity contribution in [2.24, 2.45) is 0 Å². The van der Waals surface area contributed by atoms with Crippen molar-refractivity contribution in [3.05, 3.63) is 188 Å². The molecule has 0 bridgehead atoms. The second-order valence-corrected chi connectivity index (χ2v) is 14.0. The zero-order chi connectivity index (χ0) is 33.7. The van der Waals surface area contributed by atoms with Crippen LogP contribution in [0.4, 0.5) is 17.1 Å². The van der Waals surface area contributed by atoms with Gasteiger partial charge in [0.15, 0.2) is 0 Å². The fourth-order valence-corrected chi connectivity index (χ4v) is 8.45. The van der Waals surface area contributed by atoms with Gasteiger partial charge in [-0.3, -0.25) is 0 Å². The molecule has 0 aliphatic rings. The van der Waals surface area contributed by atoms with E-state index in [4.69, 9.17) is 4.42 Å². The summed E-state index contributed by atoms with van der Waals surface area (Å²) in [6, 6.07) is 67.4. The highest BCUT2D eigenvalue weighted by atomic mass is 32.1. The average molecular weight is 670 g/mol. The molecule has 0 saturated heterocycles. The molecule has 2 nitrogen and oxygen atoms in total. The van der Waals surface area contributed by atoms with Gasteiger partial charge in [0.2, 0.25) is 0 Å². The highest BCUT2D eigenvalue weighted by Gasteiger charge is 2.20. The predicted octanol–water partition coefficient (Wildman–Crippen LogP) is 14.4. The minimum absolute atomic E-state index is 0.888. The predicted molar refractivity (Wildman–Crippen MR) is 218 cm³/mol. The first-order valence-electron chi connectivity index (χ1n) is 17.2. The van der Waals surface area contributed by atoms with E-state index >= 15 is 0 Å². The first kappa shape index (κ1) is 29.5. The summed E-state index contributed by atoms with van der Waals surface area (Å²) in [7, 11) is 0. The van der Waals surface area contributed by atoms with Gasteiger partial charge in [0.05, 0.1) is 0 Å². The monoisotopic (exact) mass is 669 g/mol. The van der Waals surface area contributed by atoms with Crippen molar-refractivity contribution in [1.82, 2.24) is 0 Å². The van der Waals surface area contributed by atoms with Crippen LogP contribution in [-0.2, 0) is 0 Å². The molecule has 0 N–H and O–H groups in total. The summed E-state index contributed by atoms with van der Waals surface area (Å²) < 4.78 is 9.27. The lowest BCUT2D eigenvalue weighted by molar-refractivity contribution is 0.670. The van der Waals surface area contributed by atoms with Crippen LogP contribution in [0.25, 0.3) is 75.5 Å². The maximum Gasteiger partial charge on any atom is 0.143 e. The minimum Gasteiger partial charge on any atom is -0.455 e. The van der Waals surface area contributed by atoms with Gasteiger partial charge in [0, 0.05) is 53.6 Å². The van der Waals surface area contributed by atoms with Crippen LogP contribution in [0, 0.1) is 0 Å². The number of hydrogen-bond donors (Lipinski definition) is 0. The van der Waals surface area contributed by atoms with Gasteiger partial charge in [-0.05, 0) is 88.5 Å². The molecular weight excluding hydrogens is 639 g/mol. The number of hydrogen-bond acceptors (Lipinski definition) is 3. The second-order valence-electron chi connectivity index (χ2n) is 12.9. The van der Waals surface area contributed by atoms with Crippen molar-refractivity contribution in [2.45, 2.75) is 0 Å². The highest BCUT2D eigenvalue weighted by Crippen LogP contribution is 2.45. The van der Waals surface area contributed by atoms with E-state index in [9.17, 15) is 0 Å². The van der Waals surface area contributed by atoms with Crippen LogP contribution in [0.3, 0.4) is 0 Å². The third-order valence-corrected chi connectivity index (χ3v) is 11.0. The molecule has 0 saturated carbocycles. The molecular formula is C48H31NOS. The standard InChI is InChI=1S/C48H31NOS/c1-3-11-32(12-4-1)34-19-24-37(25-20-34)49(38-26-21-35(22-27-38)33-13-5-2-6-14-33)39-30-42(48-44(31-39)40-15-7-9-17-45(40)50-48)36-23-28-47-43(29-36)41-16-8-10-18-46(41)51-47/h1-31H.